The molecule has 0 spiro atoms. The number of aliphatic hydroxyl groups is 1. The molecular formula is C18H26FN3O3. The zero-order valence-electron chi connectivity index (χ0n) is 14.6. The summed E-state index contributed by atoms with van der Waals surface area (Å²) < 4.78 is 18.6. The van der Waals surface area contributed by atoms with E-state index in [0.29, 0.717) is 52.2 Å². The Hall–Kier alpha value is -1.70. The molecule has 2 saturated heterocycles. The van der Waals surface area contributed by atoms with Gasteiger partial charge in [0, 0.05) is 38.4 Å². The van der Waals surface area contributed by atoms with Gasteiger partial charge in [0.05, 0.1) is 12.2 Å². The molecule has 1 unspecified atom stereocenters. The number of nitrogens with zero attached hydrogens (tertiary/aromatic N) is 2. The first kappa shape index (κ1) is 18.1. The molecule has 2 aliphatic heterocycles. The lowest BCUT2D eigenvalue weighted by molar-refractivity contribution is -0.157. The van der Waals surface area contributed by atoms with Crippen molar-refractivity contribution >= 4 is 11.6 Å². The maximum Gasteiger partial charge on any atom is 0.250 e. The van der Waals surface area contributed by atoms with Gasteiger partial charge in [0.15, 0.2) is 5.60 Å². The molecule has 0 saturated carbocycles. The maximum absolute atomic E-state index is 13.0. The first-order valence-corrected chi connectivity index (χ1v) is 8.69. The number of ether oxygens (including phenoxy) is 1. The summed E-state index contributed by atoms with van der Waals surface area (Å²) in [5.41, 5.74) is 4.61. The van der Waals surface area contributed by atoms with Crippen molar-refractivity contribution in [3.05, 3.63) is 30.1 Å². The Bertz CT molecular complexity index is 616. The van der Waals surface area contributed by atoms with Gasteiger partial charge in [-0.2, -0.15) is 0 Å². The number of rotatable bonds is 4. The van der Waals surface area contributed by atoms with E-state index in [9.17, 15) is 14.3 Å². The fraction of sp³-hybridized carbons (Fsp3) is 0.611. The summed E-state index contributed by atoms with van der Waals surface area (Å²) >= 11 is 0. The number of hydrogen-bond acceptors (Lipinski definition) is 5. The van der Waals surface area contributed by atoms with Crippen LogP contribution in [-0.4, -0.2) is 66.4 Å². The third-order valence-corrected chi connectivity index (χ3v) is 5.28. The van der Waals surface area contributed by atoms with Crippen LogP contribution in [-0.2, 0) is 9.53 Å². The predicted molar refractivity (Wildman–Crippen MR) is 92.8 cm³/mol. The average Bonchev–Trinajstić information content (AvgIpc) is 2.56. The molecule has 3 rings (SSSR count). The molecule has 3 N–H and O–H groups in total. The van der Waals surface area contributed by atoms with Crippen molar-refractivity contribution in [2.24, 2.45) is 5.73 Å². The number of primary amides is 1. The van der Waals surface area contributed by atoms with Gasteiger partial charge in [0.25, 0.3) is 5.91 Å². The van der Waals surface area contributed by atoms with Crippen molar-refractivity contribution in [3.8, 4) is 0 Å². The van der Waals surface area contributed by atoms with E-state index in [-0.39, 0.29) is 5.82 Å². The summed E-state index contributed by atoms with van der Waals surface area (Å²) in [6.45, 7) is 5.11. The molecule has 1 atom stereocenters. The zero-order chi connectivity index (χ0) is 18.1. The van der Waals surface area contributed by atoms with Gasteiger partial charge in [-0.05, 0) is 44.0 Å². The summed E-state index contributed by atoms with van der Waals surface area (Å²) in [6, 6.07) is 6.43. The van der Waals surface area contributed by atoms with Crippen LogP contribution < -0.4 is 10.6 Å². The summed E-state index contributed by atoms with van der Waals surface area (Å²) in [7, 11) is 0. The number of hydrogen-bond donors (Lipinski definition) is 2. The Balaban J connectivity index is 1.57. The molecule has 2 aliphatic rings. The third kappa shape index (κ3) is 4.11. The highest BCUT2D eigenvalue weighted by Gasteiger charge is 2.41. The van der Waals surface area contributed by atoms with Crippen LogP contribution in [0.15, 0.2) is 24.3 Å². The van der Waals surface area contributed by atoms with Crippen molar-refractivity contribution in [2.45, 2.75) is 31.0 Å². The second kappa shape index (κ2) is 6.90. The van der Waals surface area contributed by atoms with Crippen LogP contribution >= 0.6 is 0 Å². The van der Waals surface area contributed by atoms with Gasteiger partial charge in [0.2, 0.25) is 0 Å². The summed E-state index contributed by atoms with van der Waals surface area (Å²) in [4.78, 5) is 15.8. The van der Waals surface area contributed by atoms with Crippen molar-refractivity contribution in [1.29, 1.82) is 0 Å². The third-order valence-electron chi connectivity index (χ3n) is 5.28. The molecule has 1 aromatic rings. The Morgan fingerprint density at radius 1 is 1.28 bits per heavy atom. The van der Waals surface area contributed by atoms with Gasteiger partial charge in [0.1, 0.15) is 5.82 Å². The Labute approximate surface area is 147 Å². The predicted octanol–water partition coefficient (Wildman–Crippen LogP) is 0.733. The Kier molecular flexibility index (Phi) is 4.99. The van der Waals surface area contributed by atoms with Crippen LogP contribution in [0.4, 0.5) is 10.1 Å². The lowest BCUT2D eigenvalue weighted by Crippen LogP contribution is -2.60. The smallest absolute Gasteiger partial charge is 0.250 e. The molecular weight excluding hydrogens is 325 g/mol. The van der Waals surface area contributed by atoms with E-state index in [2.05, 4.69) is 9.80 Å². The number of nitrogens with two attached hydrogens (primary N) is 1. The Morgan fingerprint density at radius 2 is 1.92 bits per heavy atom. The van der Waals surface area contributed by atoms with Crippen molar-refractivity contribution < 1.29 is 19.0 Å². The molecule has 6 nitrogen and oxygen atoms in total. The SMILES string of the molecule is CC1(C(N)=O)CN(CC2(O)CCN(c3ccc(F)cc3)CC2)CCO1. The van der Waals surface area contributed by atoms with E-state index >= 15 is 0 Å². The van der Waals surface area contributed by atoms with Gasteiger partial charge >= 0.3 is 0 Å². The van der Waals surface area contributed by atoms with Crippen molar-refractivity contribution in [1.82, 2.24) is 4.90 Å². The van der Waals surface area contributed by atoms with Crippen LogP contribution in [0.5, 0.6) is 0 Å². The largest absolute Gasteiger partial charge is 0.388 e. The lowest BCUT2D eigenvalue weighted by Gasteiger charge is -2.45. The molecule has 2 fully saturated rings. The lowest BCUT2D eigenvalue weighted by atomic mass is 9.89. The molecule has 0 radical (unpaired) electrons. The minimum absolute atomic E-state index is 0.248. The number of carbonyl (C=O) groups is 1. The van der Waals surface area contributed by atoms with E-state index in [0.717, 1.165) is 5.69 Å². The first-order chi connectivity index (χ1) is 11.8. The topological polar surface area (TPSA) is 79.0 Å². The molecule has 138 valence electrons. The van der Waals surface area contributed by atoms with E-state index in [1.807, 2.05) is 0 Å². The standard InChI is InChI=1S/C18H26FN3O3/c1-17(16(20)23)12-21(10-11-25-17)13-18(24)6-8-22(9-7-18)15-4-2-14(19)3-5-15/h2-5,24H,6-13H2,1H3,(H2,20,23). The van der Waals surface area contributed by atoms with Crippen molar-refractivity contribution in [3.63, 3.8) is 0 Å². The molecule has 0 bridgehead atoms. The van der Waals surface area contributed by atoms with Gasteiger partial charge in [-0.25, -0.2) is 4.39 Å². The molecule has 0 aromatic heterocycles. The number of β-amino-alcohol motifs (C(OH)–C–C–N with tert-alkyl or cyclic N) is 1. The summed E-state index contributed by atoms with van der Waals surface area (Å²) in [6.07, 6.45) is 1.24. The summed E-state index contributed by atoms with van der Waals surface area (Å²) in [5.74, 6) is -0.725. The highest BCUT2D eigenvalue weighted by molar-refractivity contribution is 5.83. The number of anilines is 1. The quantitative estimate of drug-likeness (QED) is 0.836. The van der Waals surface area contributed by atoms with Gasteiger partial charge in [-0.15, -0.1) is 0 Å². The molecule has 7 heteroatoms. The number of halogens is 1. The monoisotopic (exact) mass is 351 g/mol. The van der Waals surface area contributed by atoms with E-state index in [1.54, 1.807) is 19.1 Å². The number of piperidine rings is 1. The van der Waals surface area contributed by atoms with Gasteiger partial charge in [-0.3, -0.25) is 9.69 Å². The van der Waals surface area contributed by atoms with E-state index in [4.69, 9.17) is 10.5 Å². The van der Waals surface area contributed by atoms with E-state index < -0.39 is 17.1 Å². The number of carbonyl (C=O) groups excluding carboxylic acids is 1. The van der Waals surface area contributed by atoms with Crippen molar-refractivity contribution in [2.75, 3.05) is 44.2 Å². The number of benzene rings is 1. The first-order valence-electron chi connectivity index (χ1n) is 8.69. The van der Waals surface area contributed by atoms with Crippen LogP contribution in [0.25, 0.3) is 0 Å². The fourth-order valence-corrected chi connectivity index (χ4v) is 3.64. The van der Waals surface area contributed by atoms with Crippen LogP contribution in [0, 0.1) is 5.82 Å². The van der Waals surface area contributed by atoms with Crippen LogP contribution in [0.1, 0.15) is 19.8 Å². The number of amides is 1. The van der Waals surface area contributed by atoms with Gasteiger partial charge < -0.3 is 20.5 Å². The minimum Gasteiger partial charge on any atom is -0.388 e. The maximum atomic E-state index is 13.0. The Morgan fingerprint density at radius 3 is 2.52 bits per heavy atom. The van der Waals surface area contributed by atoms with Crippen LogP contribution in [0.3, 0.4) is 0 Å². The highest BCUT2D eigenvalue weighted by Crippen LogP contribution is 2.28. The fourth-order valence-electron chi connectivity index (χ4n) is 3.64. The molecule has 2 heterocycles. The zero-order valence-corrected chi connectivity index (χ0v) is 14.6. The molecule has 0 aliphatic carbocycles. The average molecular weight is 351 g/mol. The minimum atomic E-state index is -0.997. The second-order valence-electron chi connectivity index (χ2n) is 7.34. The molecule has 1 amide bonds. The summed E-state index contributed by atoms with van der Waals surface area (Å²) in [5, 5.41) is 11.0. The normalized spacial score (nSPS) is 27.2. The van der Waals surface area contributed by atoms with Crippen LogP contribution in [0.2, 0.25) is 0 Å². The van der Waals surface area contributed by atoms with E-state index in [1.165, 1.54) is 12.1 Å². The molecule has 25 heavy (non-hydrogen) atoms. The second-order valence-corrected chi connectivity index (χ2v) is 7.34. The van der Waals surface area contributed by atoms with Gasteiger partial charge in [-0.1, -0.05) is 0 Å². The number of morpholine rings is 1. The highest BCUT2D eigenvalue weighted by atomic mass is 19.1. The molecule has 1 aromatic carbocycles.